The second-order valence-electron chi connectivity index (χ2n) is 11.4. The molecule has 0 radical (unpaired) electrons. The molecule has 1 N–H and O–H groups in total. The van der Waals surface area contributed by atoms with Crippen LogP contribution in [0.3, 0.4) is 0 Å². The van der Waals surface area contributed by atoms with Crippen LogP contribution < -0.4 is 74.6 Å². The molecule has 0 aromatic rings. The summed E-state index contributed by atoms with van der Waals surface area (Å²) in [6.07, 6.45) is 14.4. The number of thioether (sulfide) groups is 1. The molecule has 1 rings (SSSR count). The van der Waals surface area contributed by atoms with Crippen LogP contribution in [-0.2, 0) is 9.59 Å². The number of amides is 2. The zero-order valence-corrected chi connectivity index (χ0v) is 30.6. The number of hydrogen-bond donors (Lipinski definition) is 1. The van der Waals surface area contributed by atoms with Crippen molar-refractivity contribution in [3.05, 3.63) is 11.6 Å². The van der Waals surface area contributed by atoms with Crippen LogP contribution in [0, 0.1) is 17.8 Å². The fourth-order valence-corrected chi connectivity index (χ4v) is 5.85. The van der Waals surface area contributed by atoms with E-state index in [9.17, 15) is 24.6 Å². The number of urea groups is 1. The maximum Gasteiger partial charge on any atom is 1.00 e. The van der Waals surface area contributed by atoms with E-state index in [4.69, 9.17) is 0 Å². The first kappa shape index (κ1) is 41.4. The summed E-state index contributed by atoms with van der Waals surface area (Å²) in [6, 6.07) is -2.87. The van der Waals surface area contributed by atoms with Gasteiger partial charge in [0.05, 0.1) is 24.0 Å². The SMILES string of the molecule is C/C(=C\CSC[C@@H](NC(=O)N1CCC[C@@H]1C(=O)[O-])C(=O)[O-])CCCC(C)CCCC(C)CCCC(C)C.[Na+].[Na+]. The molecular weight excluding hydrogens is 534 g/mol. The van der Waals surface area contributed by atoms with Crippen LogP contribution in [0.5, 0.6) is 0 Å². The predicted octanol–water partition coefficient (Wildman–Crippen LogP) is -1.84. The van der Waals surface area contributed by atoms with Gasteiger partial charge in [-0.2, -0.15) is 11.8 Å². The van der Waals surface area contributed by atoms with Gasteiger partial charge in [0, 0.05) is 18.1 Å². The number of carbonyl (C=O) groups is 3. The number of nitrogens with one attached hydrogen (secondary N) is 1. The summed E-state index contributed by atoms with van der Waals surface area (Å²) in [5.41, 5.74) is 1.29. The molecule has 0 spiro atoms. The largest absolute Gasteiger partial charge is 1.00 e. The minimum atomic E-state index is -1.37. The normalized spacial score (nSPS) is 17.6. The van der Waals surface area contributed by atoms with Gasteiger partial charge in [-0.05, 0) is 50.4 Å². The first-order valence-electron chi connectivity index (χ1n) is 14.2. The second kappa shape index (κ2) is 23.8. The van der Waals surface area contributed by atoms with Crippen molar-refractivity contribution in [3.63, 3.8) is 0 Å². The zero-order valence-electron chi connectivity index (χ0n) is 25.8. The van der Waals surface area contributed by atoms with Crippen molar-refractivity contribution in [2.45, 2.75) is 117 Å². The van der Waals surface area contributed by atoms with E-state index in [0.717, 1.165) is 35.5 Å². The van der Waals surface area contributed by atoms with Crippen molar-refractivity contribution in [3.8, 4) is 0 Å². The van der Waals surface area contributed by atoms with Crippen molar-refractivity contribution in [1.82, 2.24) is 10.2 Å². The van der Waals surface area contributed by atoms with Gasteiger partial charge >= 0.3 is 65.1 Å². The third-order valence-corrected chi connectivity index (χ3v) is 8.31. The summed E-state index contributed by atoms with van der Waals surface area (Å²) in [7, 11) is 0. The Kier molecular flexibility index (Phi) is 25.3. The number of carbonyl (C=O) groups excluding carboxylic acids is 3. The number of aliphatic carboxylic acids is 2. The summed E-state index contributed by atoms with van der Waals surface area (Å²) in [4.78, 5) is 36.1. The summed E-state index contributed by atoms with van der Waals surface area (Å²) in [5.74, 6) is 0.509. The maximum absolute atomic E-state index is 12.4. The minimum absolute atomic E-state index is 0. The number of carboxylic acid groups (broad SMARTS) is 2. The van der Waals surface area contributed by atoms with Crippen LogP contribution in [0.15, 0.2) is 11.6 Å². The number of rotatable bonds is 19. The molecule has 0 aromatic heterocycles. The third-order valence-electron chi connectivity index (χ3n) is 7.34. The van der Waals surface area contributed by atoms with Crippen molar-refractivity contribution >= 4 is 29.7 Å². The molecule has 1 aliphatic rings. The van der Waals surface area contributed by atoms with Gasteiger partial charge in [0.15, 0.2) is 0 Å². The molecule has 1 aliphatic heterocycles. The Hall–Kier alpha value is 0.300. The van der Waals surface area contributed by atoms with Gasteiger partial charge in [-0.1, -0.05) is 84.3 Å². The molecule has 1 saturated heterocycles. The fraction of sp³-hybridized carbons (Fsp3) is 0.828. The number of allylic oxidation sites excluding steroid dienone is 1. The molecule has 0 aromatic carbocycles. The van der Waals surface area contributed by atoms with Crippen LogP contribution in [0.2, 0.25) is 0 Å². The molecule has 1 heterocycles. The number of hydrogen-bond acceptors (Lipinski definition) is 6. The standard InChI is InChI=1S/C29H52N2O5S.2Na/c1-21(2)10-6-11-22(3)12-7-13-23(4)14-8-15-24(5)17-19-37-20-25(27(32)33)30-29(36)31-18-9-16-26(31)28(34)35;;/h17,21-23,25-26H,6-16,18-20H2,1-5H3,(H,30,36)(H,32,33)(H,34,35);;/q;2*+1/p-2/b24-17+;;/t22?,23?,25-,26-;;/m1../s1. The van der Waals surface area contributed by atoms with Crippen molar-refractivity contribution in [1.29, 1.82) is 0 Å². The van der Waals surface area contributed by atoms with Crippen LogP contribution in [0.4, 0.5) is 4.79 Å². The Morgan fingerprint density at radius 3 is 2.05 bits per heavy atom. The van der Waals surface area contributed by atoms with Crippen LogP contribution >= 0.6 is 11.8 Å². The van der Waals surface area contributed by atoms with E-state index in [-0.39, 0.29) is 71.4 Å². The average Bonchev–Trinajstić information content (AvgIpc) is 3.31. The first-order chi connectivity index (χ1) is 17.5. The molecule has 4 atom stereocenters. The molecule has 214 valence electrons. The minimum Gasteiger partial charge on any atom is -0.548 e. The van der Waals surface area contributed by atoms with E-state index in [2.05, 4.69) is 46.0 Å². The van der Waals surface area contributed by atoms with E-state index in [1.54, 1.807) is 0 Å². The summed E-state index contributed by atoms with van der Waals surface area (Å²) >= 11 is 1.41. The number of nitrogens with zero attached hydrogens (tertiary/aromatic N) is 1. The Morgan fingerprint density at radius 2 is 1.51 bits per heavy atom. The summed E-state index contributed by atoms with van der Waals surface area (Å²) in [5, 5.41) is 25.1. The number of likely N-dealkylation sites (tertiary alicyclic amines) is 1. The molecule has 1 fully saturated rings. The Morgan fingerprint density at radius 1 is 0.949 bits per heavy atom. The molecule has 7 nitrogen and oxygen atoms in total. The van der Waals surface area contributed by atoms with Crippen molar-refractivity contribution in [2.24, 2.45) is 17.8 Å². The van der Waals surface area contributed by atoms with Gasteiger partial charge in [0.1, 0.15) is 0 Å². The quantitative estimate of drug-likeness (QED) is 0.109. The fourth-order valence-electron chi connectivity index (χ4n) is 4.85. The van der Waals surface area contributed by atoms with Crippen LogP contribution in [-0.4, -0.2) is 53.0 Å². The molecule has 0 bridgehead atoms. The smallest absolute Gasteiger partial charge is 0.548 e. The van der Waals surface area contributed by atoms with Crippen molar-refractivity contribution < 1.29 is 83.7 Å². The molecule has 0 aliphatic carbocycles. The third kappa shape index (κ3) is 19.2. The predicted molar refractivity (Wildman–Crippen MR) is 148 cm³/mol. The molecule has 2 unspecified atom stereocenters. The molecule has 2 amide bonds. The molecule has 0 saturated carbocycles. The Bertz CT molecular complexity index is 738. The monoisotopic (exact) mass is 584 g/mol. The summed E-state index contributed by atoms with van der Waals surface area (Å²) in [6.45, 7) is 11.7. The van der Waals surface area contributed by atoms with Gasteiger partial charge in [0.25, 0.3) is 0 Å². The van der Waals surface area contributed by atoms with Crippen LogP contribution in [0.1, 0.15) is 105 Å². The van der Waals surface area contributed by atoms with Gasteiger partial charge < -0.3 is 30.0 Å². The second-order valence-corrected chi connectivity index (χ2v) is 12.5. The van der Waals surface area contributed by atoms with Crippen molar-refractivity contribution in [2.75, 3.05) is 18.1 Å². The van der Waals surface area contributed by atoms with Gasteiger partial charge in [0.2, 0.25) is 0 Å². The van der Waals surface area contributed by atoms with Gasteiger partial charge in [-0.25, -0.2) is 4.79 Å². The Balaban J connectivity index is 0. The van der Waals surface area contributed by atoms with Gasteiger partial charge in [-0.15, -0.1) is 0 Å². The van der Waals surface area contributed by atoms with E-state index >= 15 is 0 Å². The molecule has 39 heavy (non-hydrogen) atoms. The Labute approximate surface area is 286 Å². The number of carboxylic acids is 2. The van der Waals surface area contributed by atoms with Gasteiger partial charge in [-0.3, -0.25) is 0 Å². The van der Waals surface area contributed by atoms with E-state index in [0.29, 0.717) is 18.6 Å². The van der Waals surface area contributed by atoms with E-state index in [1.807, 2.05) is 0 Å². The topological polar surface area (TPSA) is 113 Å². The molecular formula is C29H50N2Na2O5S. The molecule has 10 heteroatoms. The van der Waals surface area contributed by atoms with Crippen LogP contribution in [0.25, 0.3) is 0 Å². The summed E-state index contributed by atoms with van der Waals surface area (Å²) < 4.78 is 0. The first-order valence-corrected chi connectivity index (χ1v) is 15.4. The van der Waals surface area contributed by atoms with E-state index < -0.39 is 30.1 Å². The average molecular weight is 585 g/mol. The maximum atomic E-state index is 12.4. The van der Waals surface area contributed by atoms with E-state index in [1.165, 1.54) is 62.3 Å². The zero-order chi connectivity index (χ0) is 27.8.